The van der Waals surface area contributed by atoms with Crippen molar-refractivity contribution in [1.29, 1.82) is 5.41 Å². The first-order valence-electron chi connectivity index (χ1n) is 4.72. The fourth-order valence-electron chi connectivity index (χ4n) is 1.20. The molecule has 0 saturated carbocycles. The van der Waals surface area contributed by atoms with Crippen molar-refractivity contribution in [1.82, 2.24) is 0 Å². The van der Waals surface area contributed by atoms with Crippen LogP contribution in [-0.4, -0.2) is 24.7 Å². The van der Waals surface area contributed by atoms with Crippen LogP contribution in [0.4, 0.5) is 0 Å². The second kappa shape index (κ2) is 5.36. The second-order valence-electron chi connectivity index (χ2n) is 2.98. The topological polar surface area (TPSA) is 62.5 Å². The standard InChI is InChI=1S/C11H15NO3/c1-3-15-9-6-4-5-8(7-9)10(13)11(12)14-2/h4-7,10,12-13H,3H2,1-2H3/t10-/m1/s1. The van der Waals surface area contributed by atoms with Gasteiger partial charge in [-0.3, -0.25) is 5.41 Å². The summed E-state index contributed by atoms with van der Waals surface area (Å²) in [6.45, 7) is 2.46. The quantitative estimate of drug-likeness (QED) is 0.586. The van der Waals surface area contributed by atoms with E-state index in [0.29, 0.717) is 17.9 Å². The molecule has 0 heterocycles. The summed E-state index contributed by atoms with van der Waals surface area (Å²) in [7, 11) is 1.36. The van der Waals surface area contributed by atoms with Crippen LogP contribution in [0.15, 0.2) is 24.3 Å². The summed E-state index contributed by atoms with van der Waals surface area (Å²) in [5.74, 6) is 0.501. The van der Waals surface area contributed by atoms with E-state index >= 15 is 0 Å². The van der Waals surface area contributed by atoms with Crippen LogP contribution in [0.3, 0.4) is 0 Å². The summed E-state index contributed by atoms with van der Waals surface area (Å²) in [5, 5.41) is 17.0. The van der Waals surface area contributed by atoms with Crippen molar-refractivity contribution in [2.75, 3.05) is 13.7 Å². The SMILES string of the molecule is CCOc1cccc([C@@H](O)C(=N)OC)c1. The summed E-state index contributed by atoms with van der Waals surface area (Å²) < 4.78 is 9.95. The Kier molecular flexibility index (Phi) is 4.12. The van der Waals surface area contributed by atoms with E-state index in [2.05, 4.69) is 4.74 Å². The molecule has 0 radical (unpaired) electrons. The van der Waals surface area contributed by atoms with E-state index in [4.69, 9.17) is 10.1 Å². The fourth-order valence-corrected chi connectivity index (χ4v) is 1.20. The van der Waals surface area contributed by atoms with Gasteiger partial charge in [0.2, 0.25) is 5.90 Å². The predicted molar refractivity (Wildman–Crippen MR) is 57.3 cm³/mol. The first-order chi connectivity index (χ1) is 7.19. The molecule has 1 atom stereocenters. The summed E-state index contributed by atoms with van der Waals surface area (Å²) in [4.78, 5) is 0. The molecule has 0 aliphatic carbocycles. The number of aliphatic hydroxyl groups excluding tert-OH is 1. The Morgan fingerprint density at radius 3 is 2.87 bits per heavy atom. The number of benzene rings is 1. The third kappa shape index (κ3) is 2.95. The van der Waals surface area contributed by atoms with Gasteiger partial charge in [0.05, 0.1) is 13.7 Å². The number of nitrogens with one attached hydrogen (secondary N) is 1. The summed E-state index contributed by atoms with van der Waals surface area (Å²) in [5.41, 5.74) is 0.591. The smallest absolute Gasteiger partial charge is 0.214 e. The van der Waals surface area contributed by atoms with Gasteiger partial charge in [0.15, 0.2) is 6.10 Å². The van der Waals surface area contributed by atoms with Gasteiger partial charge in [-0.25, -0.2) is 0 Å². The van der Waals surface area contributed by atoms with E-state index in [1.165, 1.54) is 7.11 Å². The van der Waals surface area contributed by atoms with Crippen LogP contribution in [0.1, 0.15) is 18.6 Å². The van der Waals surface area contributed by atoms with Gasteiger partial charge in [-0.05, 0) is 24.6 Å². The van der Waals surface area contributed by atoms with Crippen LogP contribution < -0.4 is 4.74 Å². The molecule has 82 valence electrons. The molecule has 1 aromatic carbocycles. The zero-order chi connectivity index (χ0) is 11.3. The van der Waals surface area contributed by atoms with Crippen molar-refractivity contribution < 1.29 is 14.6 Å². The van der Waals surface area contributed by atoms with Crippen molar-refractivity contribution in [3.63, 3.8) is 0 Å². The Morgan fingerprint density at radius 2 is 2.27 bits per heavy atom. The molecule has 1 aromatic rings. The number of hydrogen-bond acceptors (Lipinski definition) is 4. The second-order valence-corrected chi connectivity index (χ2v) is 2.98. The fraction of sp³-hybridized carbons (Fsp3) is 0.364. The number of hydrogen-bond donors (Lipinski definition) is 2. The Bertz CT molecular complexity index is 338. The average molecular weight is 209 g/mol. The van der Waals surface area contributed by atoms with Crippen LogP contribution in [0.2, 0.25) is 0 Å². The molecule has 0 bridgehead atoms. The summed E-state index contributed by atoms with van der Waals surface area (Å²) in [6, 6.07) is 6.99. The lowest BCUT2D eigenvalue weighted by Gasteiger charge is -2.12. The van der Waals surface area contributed by atoms with Crippen LogP contribution in [0.5, 0.6) is 5.75 Å². The zero-order valence-corrected chi connectivity index (χ0v) is 8.86. The number of aliphatic hydroxyl groups is 1. The van der Waals surface area contributed by atoms with E-state index in [1.54, 1.807) is 24.3 Å². The summed E-state index contributed by atoms with van der Waals surface area (Å²) >= 11 is 0. The minimum Gasteiger partial charge on any atom is -0.494 e. The van der Waals surface area contributed by atoms with Gasteiger partial charge in [-0.15, -0.1) is 0 Å². The maximum Gasteiger partial charge on any atom is 0.214 e. The third-order valence-electron chi connectivity index (χ3n) is 1.95. The Balaban J connectivity index is 2.84. The molecule has 0 amide bonds. The van der Waals surface area contributed by atoms with Crippen LogP contribution in [0.25, 0.3) is 0 Å². The lowest BCUT2D eigenvalue weighted by atomic mass is 10.1. The van der Waals surface area contributed by atoms with Crippen LogP contribution in [0, 0.1) is 5.41 Å². The van der Waals surface area contributed by atoms with Gasteiger partial charge < -0.3 is 14.6 Å². The van der Waals surface area contributed by atoms with E-state index < -0.39 is 6.10 Å². The molecular weight excluding hydrogens is 194 g/mol. The molecule has 15 heavy (non-hydrogen) atoms. The normalized spacial score (nSPS) is 11.9. The molecule has 4 heteroatoms. The monoisotopic (exact) mass is 209 g/mol. The van der Waals surface area contributed by atoms with Gasteiger partial charge >= 0.3 is 0 Å². The lowest BCUT2D eigenvalue weighted by Crippen LogP contribution is -2.12. The average Bonchev–Trinajstić information content (AvgIpc) is 2.28. The zero-order valence-electron chi connectivity index (χ0n) is 8.86. The Morgan fingerprint density at radius 1 is 1.53 bits per heavy atom. The number of methoxy groups -OCH3 is 1. The number of rotatable bonds is 4. The van der Waals surface area contributed by atoms with Gasteiger partial charge in [-0.1, -0.05) is 12.1 Å². The minimum atomic E-state index is -1.03. The predicted octanol–water partition coefficient (Wildman–Crippen LogP) is 1.74. The van der Waals surface area contributed by atoms with Crippen molar-refractivity contribution in [2.45, 2.75) is 13.0 Å². The molecule has 0 fully saturated rings. The van der Waals surface area contributed by atoms with Crippen molar-refractivity contribution in [3.05, 3.63) is 29.8 Å². The van der Waals surface area contributed by atoms with E-state index in [0.717, 1.165) is 0 Å². The van der Waals surface area contributed by atoms with Crippen LogP contribution >= 0.6 is 0 Å². The van der Waals surface area contributed by atoms with E-state index in [-0.39, 0.29) is 5.90 Å². The van der Waals surface area contributed by atoms with E-state index in [1.807, 2.05) is 6.92 Å². The maximum atomic E-state index is 9.68. The molecule has 1 rings (SSSR count). The lowest BCUT2D eigenvalue weighted by molar-refractivity contribution is 0.204. The van der Waals surface area contributed by atoms with E-state index in [9.17, 15) is 5.11 Å². The first kappa shape index (κ1) is 11.5. The third-order valence-corrected chi connectivity index (χ3v) is 1.95. The molecule has 0 saturated heterocycles. The molecule has 0 aromatic heterocycles. The van der Waals surface area contributed by atoms with Gasteiger partial charge in [0.1, 0.15) is 5.75 Å². The van der Waals surface area contributed by atoms with Crippen molar-refractivity contribution >= 4 is 5.90 Å². The summed E-state index contributed by atoms with van der Waals surface area (Å²) in [6.07, 6.45) is -1.03. The highest BCUT2D eigenvalue weighted by molar-refractivity contribution is 5.78. The minimum absolute atomic E-state index is 0.177. The van der Waals surface area contributed by atoms with Crippen molar-refractivity contribution in [3.8, 4) is 5.75 Å². The molecule has 2 N–H and O–H groups in total. The molecule has 4 nitrogen and oxygen atoms in total. The first-order valence-corrected chi connectivity index (χ1v) is 4.72. The molecular formula is C11H15NO3. The highest BCUT2D eigenvalue weighted by Crippen LogP contribution is 2.20. The molecule has 0 aliphatic heterocycles. The van der Waals surface area contributed by atoms with Gasteiger partial charge in [-0.2, -0.15) is 0 Å². The molecule has 0 unspecified atom stereocenters. The molecule has 0 spiro atoms. The largest absolute Gasteiger partial charge is 0.494 e. The van der Waals surface area contributed by atoms with Crippen LogP contribution in [-0.2, 0) is 4.74 Å². The number of ether oxygens (including phenoxy) is 2. The van der Waals surface area contributed by atoms with Gasteiger partial charge in [0.25, 0.3) is 0 Å². The Hall–Kier alpha value is -1.55. The van der Waals surface area contributed by atoms with Gasteiger partial charge in [0, 0.05) is 0 Å². The van der Waals surface area contributed by atoms with Crippen molar-refractivity contribution in [2.24, 2.45) is 0 Å². The highest BCUT2D eigenvalue weighted by Gasteiger charge is 2.14. The highest BCUT2D eigenvalue weighted by atomic mass is 16.5. The molecule has 0 aliphatic rings. The maximum absolute atomic E-state index is 9.68. The Labute approximate surface area is 89.0 Å².